The van der Waals surface area contributed by atoms with Gasteiger partial charge >= 0.3 is 0 Å². The van der Waals surface area contributed by atoms with Gasteiger partial charge in [0.25, 0.3) is 5.91 Å². The number of benzene rings is 1. The van der Waals surface area contributed by atoms with Crippen LogP contribution in [0.25, 0.3) is 0 Å². The van der Waals surface area contributed by atoms with Gasteiger partial charge in [-0.3, -0.25) is 24.2 Å². The number of phenols is 1. The number of primary amides is 1. The first kappa shape index (κ1) is 28.7. The first-order valence-electron chi connectivity index (χ1n) is 13.1. The summed E-state index contributed by atoms with van der Waals surface area (Å²) in [5.74, 6) is -7.92. The van der Waals surface area contributed by atoms with Gasteiger partial charge in [0, 0.05) is 36.2 Å². The van der Waals surface area contributed by atoms with Crippen molar-refractivity contribution in [3.8, 4) is 5.75 Å². The van der Waals surface area contributed by atoms with E-state index in [-0.39, 0.29) is 42.8 Å². The molecular weight excluding hydrogens is 541 g/mol. The van der Waals surface area contributed by atoms with E-state index in [1.54, 1.807) is 19.0 Å². The lowest BCUT2D eigenvalue weighted by atomic mass is 9.58. The van der Waals surface area contributed by atoms with Crippen LogP contribution in [0, 0.1) is 23.1 Å². The number of allylic oxidation sites excluding steroid dienone is 1. The number of amides is 2. The summed E-state index contributed by atoms with van der Waals surface area (Å²) in [5, 5.41) is 65.6. The molecule has 1 fully saturated rings. The van der Waals surface area contributed by atoms with Crippen LogP contribution in [-0.2, 0) is 16.0 Å². The van der Waals surface area contributed by atoms with Crippen LogP contribution in [0.3, 0.4) is 0 Å². The minimum Gasteiger partial charge on any atom is -0.510 e. The van der Waals surface area contributed by atoms with Gasteiger partial charge in [0.15, 0.2) is 17.1 Å². The molecule has 0 aromatic heterocycles. The number of nitrogens with zero attached hydrogens (tertiary/aromatic N) is 2. The van der Waals surface area contributed by atoms with Crippen LogP contribution in [0.15, 0.2) is 28.7 Å². The van der Waals surface area contributed by atoms with Gasteiger partial charge < -0.3 is 42.0 Å². The predicted molar refractivity (Wildman–Crippen MR) is 142 cm³/mol. The van der Waals surface area contributed by atoms with Crippen LogP contribution >= 0.6 is 0 Å². The Morgan fingerprint density at radius 3 is 2.56 bits per heavy atom. The van der Waals surface area contributed by atoms with Gasteiger partial charge in [0.2, 0.25) is 5.91 Å². The van der Waals surface area contributed by atoms with E-state index in [4.69, 9.17) is 11.1 Å². The number of hydrogen-bond donors (Lipinski definition) is 8. The van der Waals surface area contributed by atoms with Crippen molar-refractivity contribution in [2.45, 2.75) is 37.0 Å². The molecular formula is C27H32FN5O8. The Bertz CT molecular complexity index is 1460. The van der Waals surface area contributed by atoms with Gasteiger partial charge in [-0.1, -0.05) is 0 Å². The number of aliphatic hydroxyl groups is 4. The molecule has 1 aromatic rings. The molecule has 1 heterocycles. The van der Waals surface area contributed by atoms with Crippen molar-refractivity contribution < 1.29 is 44.3 Å². The Kier molecular flexibility index (Phi) is 6.93. The average molecular weight is 574 g/mol. The fourth-order valence-electron chi connectivity index (χ4n) is 6.77. The van der Waals surface area contributed by atoms with Crippen molar-refractivity contribution in [3.05, 3.63) is 45.7 Å². The number of ketones is 1. The third-order valence-corrected chi connectivity index (χ3v) is 8.61. The quantitative estimate of drug-likeness (QED) is 0.215. The molecule has 5 rings (SSSR count). The van der Waals surface area contributed by atoms with Crippen molar-refractivity contribution in [2.75, 3.05) is 39.0 Å². The number of carbonyl (C=O) groups excluding carboxylic acids is 3. The van der Waals surface area contributed by atoms with Crippen LogP contribution in [0.1, 0.15) is 28.8 Å². The zero-order valence-corrected chi connectivity index (χ0v) is 22.4. The SMILES string of the molecule is CN(C)[C@@H]1C(O)=C(C(N)=O)C(=N)[C@@]2(O)C(O)=C3C(=O)c4c(O)c(NC(=O)CN5CC[C@@H](O)C5)cc(F)c4C[C@H]3C[C@@H]12. The number of anilines is 1. The lowest BCUT2D eigenvalue weighted by molar-refractivity contribution is -0.117. The topological polar surface area (TPSA) is 221 Å². The van der Waals surface area contributed by atoms with Crippen LogP contribution in [0.2, 0.25) is 0 Å². The minimum absolute atomic E-state index is 0.0945. The van der Waals surface area contributed by atoms with Crippen molar-refractivity contribution in [2.24, 2.45) is 17.6 Å². The monoisotopic (exact) mass is 573 g/mol. The molecule has 4 aliphatic rings. The molecule has 0 bridgehead atoms. The first-order chi connectivity index (χ1) is 19.2. The standard InChI is InChI=1S/C27H32FN5O8/c1-32(2)20-13-6-10-5-12-14(28)7-15(31-16(35)9-33-4-3-11(34)8-33)21(36)18(12)22(37)17(10)25(39)27(13,41)24(29)19(23(20)38)26(30)40/h7,10-11,13,20,29,34,36,38-39,41H,3-6,8-9H2,1-2H3,(H2,30,40)(H,31,35)/t10-,11+,13-,20-,27+/m0/s1. The second-order valence-electron chi connectivity index (χ2n) is 11.3. The maximum absolute atomic E-state index is 15.4. The highest BCUT2D eigenvalue weighted by Gasteiger charge is 2.61. The number of rotatable bonds is 5. The molecule has 0 unspecified atom stereocenters. The van der Waals surface area contributed by atoms with E-state index < -0.39 is 87.1 Å². The summed E-state index contributed by atoms with van der Waals surface area (Å²) in [7, 11) is 3.09. The van der Waals surface area contributed by atoms with E-state index in [2.05, 4.69) is 5.32 Å². The molecule has 2 amide bonds. The highest BCUT2D eigenvalue weighted by molar-refractivity contribution is 6.26. The van der Waals surface area contributed by atoms with E-state index in [0.29, 0.717) is 13.0 Å². The van der Waals surface area contributed by atoms with Gasteiger partial charge in [-0.25, -0.2) is 4.39 Å². The second kappa shape index (κ2) is 9.91. The predicted octanol–water partition coefficient (Wildman–Crippen LogP) is -0.285. The number of likely N-dealkylation sites (N-methyl/N-ethyl adjacent to an activating group) is 1. The van der Waals surface area contributed by atoms with Crippen LogP contribution in [0.4, 0.5) is 10.1 Å². The smallest absolute Gasteiger partial charge is 0.254 e. The maximum Gasteiger partial charge on any atom is 0.254 e. The number of carbonyl (C=O) groups is 3. The second-order valence-corrected chi connectivity index (χ2v) is 11.3. The number of nitrogens with two attached hydrogens (primary N) is 1. The van der Waals surface area contributed by atoms with Gasteiger partial charge in [-0.15, -0.1) is 0 Å². The number of hydrogen-bond acceptors (Lipinski definition) is 11. The van der Waals surface area contributed by atoms with Gasteiger partial charge in [-0.2, -0.15) is 0 Å². The lowest BCUT2D eigenvalue weighted by Gasteiger charge is -2.51. The number of Topliss-reactive ketones (excluding diaryl/α,β-unsaturated/α-hetero) is 1. The van der Waals surface area contributed by atoms with Crippen LogP contribution in [0.5, 0.6) is 5.75 Å². The van der Waals surface area contributed by atoms with E-state index in [1.807, 2.05) is 0 Å². The Morgan fingerprint density at radius 2 is 1.98 bits per heavy atom. The molecule has 41 heavy (non-hydrogen) atoms. The van der Waals surface area contributed by atoms with Crippen LogP contribution < -0.4 is 11.1 Å². The summed E-state index contributed by atoms with van der Waals surface area (Å²) in [4.78, 5) is 41.6. The molecule has 3 aliphatic carbocycles. The summed E-state index contributed by atoms with van der Waals surface area (Å²) in [6, 6.07) is -0.178. The average Bonchev–Trinajstić information content (AvgIpc) is 3.28. The number of nitrogens with one attached hydrogen (secondary N) is 2. The molecule has 220 valence electrons. The Hall–Kier alpha value is -3.85. The molecule has 5 atom stereocenters. The fraction of sp³-hybridized carbons (Fsp3) is 0.481. The fourth-order valence-corrected chi connectivity index (χ4v) is 6.77. The molecule has 14 heteroatoms. The number of halogens is 1. The summed E-state index contributed by atoms with van der Waals surface area (Å²) < 4.78 is 15.4. The molecule has 0 saturated carbocycles. The molecule has 1 aromatic carbocycles. The Morgan fingerprint density at radius 1 is 1.29 bits per heavy atom. The molecule has 13 nitrogen and oxygen atoms in total. The molecule has 1 aliphatic heterocycles. The number of phenolic OH excluding ortho intramolecular Hbond substituents is 1. The normalized spacial score (nSPS) is 29.9. The Labute approximate surface area is 233 Å². The maximum atomic E-state index is 15.4. The number of aromatic hydroxyl groups is 1. The number of likely N-dealkylation sites (tertiary alicyclic amines) is 1. The first-order valence-corrected chi connectivity index (χ1v) is 13.1. The summed E-state index contributed by atoms with van der Waals surface area (Å²) in [6.07, 6.45) is -0.335. The van der Waals surface area contributed by atoms with Crippen molar-refractivity contribution in [3.63, 3.8) is 0 Å². The largest absolute Gasteiger partial charge is 0.510 e. The molecule has 0 spiro atoms. The number of fused-ring (bicyclic) bond motifs is 3. The molecule has 0 radical (unpaired) electrons. The highest BCUT2D eigenvalue weighted by atomic mass is 19.1. The highest BCUT2D eigenvalue weighted by Crippen LogP contribution is 2.53. The van der Waals surface area contributed by atoms with Crippen LogP contribution in [-0.4, -0.2) is 110 Å². The van der Waals surface area contributed by atoms with Gasteiger partial charge in [0.1, 0.15) is 22.9 Å². The molecule has 9 N–H and O–H groups in total. The zero-order chi connectivity index (χ0) is 30.1. The number of aliphatic hydroxyl groups excluding tert-OH is 3. The van der Waals surface area contributed by atoms with Gasteiger partial charge in [-0.05, 0) is 39.3 Å². The van der Waals surface area contributed by atoms with Crippen molar-refractivity contribution in [1.29, 1.82) is 5.41 Å². The summed E-state index contributed by atoms with van der Waals surface area (Å²) >= 11 is 0. The van der Waals surface area contributed by atoms with Crippen molar-refractivity contribution >= 4 is 29.0 Å². The summed E-state index contributed by atoms with van der Waals surface area (Å²) in [6.45, 7) is 0.622. The van der Waals surface area contributed by atoms with E-state index in [1.165, 1.54) is 4.90 Å². The minimum atomic E-state index is -2.59. The van der Waals surface area contributed by atoms with Gasteiger partial charge in [0.05, 0.1) is 35.7 Å². The molecule has 1 saturated heterocycles. The zero-order valence-electron chi connectivity index (χ0n) is 22.4. The van der Waals surface area contributed by atoms with Crippen molar-refractivity contribution in [1.82, 2.24) is 9.80 Å². The van der Waals surface area contributed by atoms with E-state index in [0.717, 1.165) is 6.07 Å². The van der Waals surface area contributed by atoms with E-state index >= 15 is 4.39 Å². The lowest BCUT2D eigenvalue weighted by Crippen LogP contribution is -2.63. The Balaban J connectivity index is 1.56. The number of β-amino-alcohol motifs (C(OH)–C–C–N with tert-alkyl or cyclic N) is 1. The van der Waals surface area contributed by atoms with E-state index in [9.17, 15) is 39.9 Å². The summed E-state index contributed by atoms with van der Waals surface area (Å²) in [5.41, 5.74) is -0.158. The third kappa shape index (κ3) is 4.29. The third-order valence-electron chi connectivity index (χ3n) is 8.61.